The van der Waals surface area contributed by atoms with Crippen LogP contribution in [0.3, 0.4) is 0 Å². The smallest absolute Gasteiger partial charge is 0.243 e. The SMILES string of the molecule is C=CC(=O)N[C@H]1CCCC[C@H]1O. The molecule has 1 rings (SSSR count). The van der Waals surface area contributed by atoms with E-state index in [0.29, 0.717) is 0 Å². The van der Waals surface area contributed by atoms with Gasteiger partial charge in [-0.1, -0.05) is 19.4 Å². The second kappa shape index (κ2) is 4.26. The quantitative estimate of drug-likeness (QED) is 0.594. The summed E-state index contributed by atoms with van der Waals surface area (Å²) in [6.07, 6.45) is 4.67. The lowest BCUT2D eigenvalue weighted by Crippen LogP contribution is -2.44. The topological polar surface area (TPSA) is 49.3 Å². The predicted octanol–water partition coefficient (Wildman–Crippen LogP) is 0.592. The first-order valence-corrected chi connectivity index (χ1v) is 4.35. The lowest BCUT2D eigenvalue weighted by Gasteiger charge is -2.27. The van der Waals surface area contributed by atoms with Gasteiger partial charge in [0.2, 0.25) is 5.91 Å². The van der Waals surface area contributed by atoms with E-state index in [1.807, 2.05) is 0 Å². The van der Waals surface area contributed by atoms with E-state index in [9.17, 15) is 9.90 Å². The Balaban J connectivity index is 2.38. The molecule has 0 aromatic heterocycles. The van der Waals surface area contributed by atoms with Crippen LogP contribution in [-0.4, -0.2) is 23.2 Å². The first-order chi connectivity index (χ1) is 5.74. The molecule has 1 fully saturated rings. The summed E-state index contributed by atoms with van der Waals surface area (Å²) in [5, 5.41) is 12.2. The van der Waals surface area contributed by atoms with E-state index in [4.69, 9.17) is 0 Å². The van der Waals surface area contributed by atoms with Crippen LogP contribution < -0.4 is 5.32 Å². The zero-order chi connectivity index (χ0) is 8.97. The van der Waals surface area contributed by atoms with Crippen LogP contribution in [0.4, 0.5) is 0 Å². The Morgan fingerprint density at radius 2 is 2.17 bits per heavy atom. The third-order valence-corrected chi connectivity index (χ3v) is 2.24. The molecule has 0 unspecified atom stereocenters. The number of aliphatic hydroxyl groups excluding tert-OH is 1. The van der Waals surface area contributed by atoms with Crippen molar-refractivity contribution in [2.45, 2.75) is 37.8 Å². The zero-order valence-electron chi connectivity index (χ0n) is 7.12. The summed E-state index contributed by atoms with van der Waals surface area (Å²) in [5.41, 5.74) is 0. The van der Waals surface area contributed by atoms with Crippen molar-refractivity contribution in [2.75, 3.05) is 0 Å². The summed E-state index contributed by atoms with van der Waals surface area (Å²) < 4.78 is 0. The molecular weight excluding hydrogens is 154 g/mol. The Hall–Kier alpha value is -0.830. The lowest BCUT2D eigenvalue weighted by molar-refractivity contribution is -0.118. The first kappa shape index (κ1) is 9.26. The molecule has 1 aliphatic rings. The molecule has 0 saturated heterocycles. The van der Waals surface area contributed by atoms with Crippen LogP contribution in [0.2, 0.25) is 0 Å². The van der Waals surface area contributed by atoms with E-state index in [1.165, 1.54) is 6.08 Å². The van der Waals surface area contributed by atoms with E-state index >= 15 is 0 Å². The van der Waals surface area contributed by atoms with Crippen molar-refractivity contribution in [1.29, 1.82) is 0 Å². The molecule has 2 N–H and O–H groups in total. The molecular formula is C9H15NO2. The molecule has 1 aliphatic carbocycles. The highest BCUT2D eigenvalue weighted by Crippen LogP contribution is 2.18. The van der Waals surface area contributed by atoms with Gasteiger partial charge in [-0.3, -0.25) is 4.79 Å². The fraction of sp³-hybridized carbons (Fsp3) is 0.667. The van der Waals surface area contributed by atoms with Gasteiger partial charge >= 0.3 is 0 Å². The second-order valence-electron chi connectivity index (χ2n) is 3.17. The second-order valence-corrected chi connectivity index (χ2v) is 3.17. The number of rotatable bonds is 2. The summed E-state index contributed by atoms with van der Waals surface area (Å²) in [4.78, 5) is 10.9. The van der Waals surface area contributed by atoms with Crippen LogP contribution in [0.15, 0.2) is 12.7 Å². The molecule has 3 nitrogen and oxygen atoms in total. The minimum atomic E-state index is -0.373. The number of carbonyl (C=O) groups is 1. The Labute approximate surface area is 72.5 Å². The molecule has 3 heteroatoms. The summed E-state index contributed by atoms with van der Waals surface area (Å²) in [6.45, 7) is 3.36. The van der Waals surface area contributed by atoms with Gasteiger partial charge in [-0.05, 0) is 18.9 Å². The zero-order valence-corrected chi connectivity index (χ0v) is 7.12. The normalized spacial score (nSPS) is 29.4. The molecule has 1 amide bonds. The highest BCUT2D eigenvalue weighted by molar-refractivity contribution is 5.87. The van der Waals surface area contributed by atoms with Crippen molar-refractivity contribution in [3.05, 3.63) is 12.7 Å². The summed E-state index contributed by atoms with van der Waals surface area (Å²) in [7, 11) is 0. The van der Waals surface area contributed by atoms with Gasteiger partial charge in [0.1, 0.15) is 0 Å². The monoisotopic (exact) mass is 169 g/mol. The average molecular weight is 169 g/mol. The van der Waals surface area contributed by atoms with Crippen molar-refractivity contribution < 1.29 is 9.90 Å². The molecule has 0 radical (unpaired) electrons. The molecule has 68 valence electrons. The minimum absolute atomic E-state index is 0.0655. The maximum atomic E-state index is 10.9. The molecule has 0 aliphatic heterocycles. The number of carbonyl (C=O) groups excluding carboxylic acids is 1. The summed E-state index contributed by atoms with van der Waals surface area (Å²) in [6, 6.07) is -0.0655. The van der Waals surface area contributed by atoms with Gasteiger partial charge in [-0.25, -0.2) is 0 Å². The number of nitrogens with one attached hydrogen (secondary N) is 1. The standard InChI is InChI=1S/C9H15NO2/c1-2-9(12)10-7-5-3-4-6-8(7)11/h2,7-8,11H,1,3-6H2,(H,10,12)/t7-,8+/m0/s1. The molecule has 0 aromatic carbocycles. The lowest BCUT2D eigenvalue weighted by atomic mass is 9.92. The summed E-state index contributed by atoms with van der Waals surface area (Å²) >= 11 is 0. The fourth-order valence-corrected chi connectivity index (χ4v) is 1.52. The molecule has 0 heterocycles. The van der Waals surface area contributed by atoms with E-state index in [-0.39, 0.29) is 18.1 Å². The van der Waals surface area contributed by atoms with Gasteiger partial charge in [-0.15, -0.1) is 0 Å². The van der Waals surface area contributed by atoms with Crippen molar-refractivity contribution in [2.24, 2.45) is 0 Å². The van der Waals surface area contributed by atoms with Crippen LogP contribution in [0, 0.1) is 0 Å². The minimum Gasteiger partial charge on any atom is -0.391 e. The van der Waals surface area contributed by atoms with Crippen LogP contribution in [0.1, 0.15) is 25.7 Å². The Kier molecular flexibility index (Phi) is 3.29. The van der Waals surface area contributed by atoms with E-state index in [1.54, 1.807) is 0 Å². The van der Waals surface area contributed by atoms with Gasteiger partial charge in [-0.2, -0.15) is 0 Å². The Bertz CT molecular complexity index is 179. The van der Waals surface area contributed by atoms with Crippen molar-refractivity contribution in [3.63, 3.8) is 0 Å². The Morgan fingerprint density at radius 1 is 1.50 bits per heavy atom. The number of amides is 1. The molecule has 0 aromatic rings. The highest BCUT2D eigenvalue weighted by Gasteiger charge is 2.23. The Morgan fingerprint density at radius 3 is 2.75 bits per heavy atom. The number of aliphatic hydroxyl groups is 1. The molecule has 0 spiro atoms. The fourth-order valence-electron chi connectivity index (χ4n) is 1.52. The van der Waals surface area contributed by atoms with Crippen molar-refractivity contribution in [1.82, 2.24) is 5.32 Å². The predicted molar refractivity (Wildman–Crippen MR) is 46.6 cm³/mol. The molecule has 12 heavy (non-hydrogen) atoms. The maximum absolute atomic E-state index is 10.9. The average Bonchev–Trinajstić information content (AvgIpc) is 2.09. The van der Waals surface area contributed by atoms with Crippen molar-refractivity contribution in [3.8, 4) is 0 Å². The third kappa shape index (κ3) is 2.34. The maximum Gasteiger partial charge on any atom is 0.243 e. The molecule has 2 atom stereocenters. The summed E-state index contributed by atoms with van der Waals surface area (Å²) in [5.74, 6) is -0.194. The van der Waals surface area contributed by atoms with E-state index in [0.717, 1.165) is 25.7 Å². The van der Waals surface area contributed by atoms with Crippen LogP contribution in [0.5, 0.6) is 0 Å². The first-order valence-electron chi connectivity index (χ1n) is 4.35. The van der Waals surface area contributed by atoms with Gasteiger partial charge < -0.3 is 10.4 Å². The molecule has 0 bridgehead atoms. The van der Waals surface area contributed by atoms with E-state index < -0.39 is 0 Å². The number of hydrogen-bond donors (Lipinski definition) is 2. The van der Waals surface area contributed by atoms with Gasteiger partial charge in [0.25, 0.3) is 0 Å². The number of hydrogen-bond acceptors (Lipinski definition) is 2. The van der Waals surface area contributed by atoms with Crippen LogP contribution >= 0.6 is 0 Å². The van der Waals surface area contributed by atoms with Gasteiger partial charge in [0.15, 0.2) is 0 Å². The van der Waals surface area contributed by atoms with Gasteiger partial charge in [0, 0.05) is 0 Å². The highest BCUT2D eigenvalue weighted by atomic mass is 16.3. The van der Waals surface area contributed by atoms with Crippen LogP contribution in [0.25, 0.3) is 0 Å². The third-order valence-electron chi connectivity index (χ3n) is 2.24. The largest absolute Gasteiger partial charge is 0.391 e. The van der Waals surface area contributed by atoms with E-state index in [2.05, 4.69) is 11.9 Å². The van der Waals surface area contributed by atoms with Gasteiger partial charge in [0.05, 0.1) is 12.1 Å². The molecule has 1 saturated carbocycles. The van der Waals surface area contributed by atoms with Crippen LogP contribution in [-0.2, 0) is 4.79 Å². The van der Waals surface area contributed by atoms with Crippen molar-refractivity contribution >= 4 is 5.91 Å².